The Kier molecular flexibility index (Phi) is 5.37. The second-order valence-electron chi connectivity index (χ2n) is 5.89. The van der Waals surface area contributed by atoms with Crippen LogP contribution in [0.25, 0.3) is 0 Å². The molecule has 4 heteroatoms. The van der Waals surface area contributed by atoms with Crippen molar-refractivity contribution in [2.45, 2.75) is 52.1 Å². The van der Waals surface area contributed by atoms with E-state index in [-0.39, 0.29) is 23.9 Å². The van der Waals surface area contributed by atoms with Crippen molar-refractivity contribution in [3.8, 4) is 0 Å². The molecular formula is C17H23NO3. The highest BCUT2D eigenvalue weighted by molar-refractivity contribution is 5.93. The van der Waals surface area contributed by atoms with Gasteiger partial charge in [-0.25, -0.2) is 4.79 Å². The van der Waals surface area contributed by atoms with Crippen LogP contribution in [0.4, 0.5) is 5.69 Å². The molecule has 0 heterocycles. The molecule has 1 aliphatic carbocycles. The van der Waals surface area contributed by atoms with Crippen LogP contribution in [0.2, 0.25) is 0 Å². The van der Waals surface area contributed by atoms with E-state index in [0.29, 0.717) is 11.3 Å². The molecule has 4 nitrogen and oxygen atoms in total. The summed E-state index contributed by atoms with van der Waals surface area (Å²) in [6.07, 6.45) is 5.50. The van der Waals surface area contributed by atoms with Crippen LogP contribution in [0.15, 0.2) is 24.3 Å². The molecule has 1 N–H and O–H groups in total. The first-order chi connectivity index (χ1) is 10.1. The van der Waals surface area contributed by atoms with Gasteiger partial charge in [0.1, 0.15) is 6.10 Å². The fraction of sp³-hybridized carbons (Fsp3) is 0.529. The molecule has 1 saturated carbocycles. The van der Waals surface area contributed by atoms with Crippen LogP contribution in [-0.4, -0.2) is 18.0 Å². The highest BCUT2D eigenvalue weighted by Gasteiger charge is 2.18. The lowest BCUT2D eigenvalue weighted by molar-refractivity contribution is -0.118. The number of hydrogen-bond acceptors (Lipinski definition) is 3. The Morgan fingerprint density at radius 2 is 1.71 bits per heavy atom. The quantitative estimate of drug-likeness (QED) is 0.858. The van der Waals surface area contributed by atoms with Crippen molar-refractivity contribution in [1.82, 2.24) is 0 Å². The molecule has 1 aromatic carbocycles. The summed E-state index contributed by atoms with van der Waals surface area (Å²) in [5.41, 5.74) is 1.23. The zero-order valence-corrected chi connectivity index (χ0v) is 12.7. The van der Waals surface area contributed by atoms with Crippen LogP contribution in [-0.2, 0) is 9.53 Å². The zero-order valence-electron chi connectivity index (χ0n) is 12.7. The molecule has 0 bridgehead atoms. The van der Waals surface area contributed by atoms with Crippen LogP contribution in [0.1, 0.15) is 56.3 Å². The summed E-state index contributed by atoms with van der Waals surface area (Å²) in [7, 11) is 0. The molecule has 1 fully saturated rings. The standard InChI is InChI=1S/C17H23NO3/c1-12(2)16(19)18-14-10-8-13(9-11-14)17(20)21-15-6-4-3-5-7-15/h8-12,15H,3-7H2,1-2H3,(H,18,19). The zero-order chi connectivity index (χ0) is 15.2. The van der Waals surface area contributed by atoms with Gasteiger partial charge in [-0.2, -0.15) is 0 Å². The average Bonchev–Trinajstić information content (AvgIpc) is 2.48. The number of esters is 1. The van der Waals surface area contributed by atoms with E-state index in [1.165, 1.54) is 6.42 Å². The maximum Gasteiger partial charge on any atom is 0.338 e. The summed E-state index contributed by atoms with van der Waals surface area (Å²) in [5, 5.41) is 2.80. The van der Waals surface area contributed by atoms with Crippen molar-refractivity contribution in [2.75, 3.05) is 5.32 Å². The molecule has 0 aliphatic heterocycles. The third-order valence-electron chi connectivity index (χ3n) is 3.74. The van der Waals surface area contributed by atoms with Crippen molar-refractivity contribution in [2.24, 2.45) is 5.92 Å². The van der Waals surface area contributed by atoms with Crippen LogP contribution in [0, 0.1) is 5.92 Å². The number of ether oxygens (including phenoxy) is 1. The van der Waals surface area contributed by atoms with Gasteiger partial charge in [0.25, 0.3) is 0 Å². The minimum Gasteiger partial charge on any atom is -0.459 e. The van der Waals surface area contributed by atoms with Gasteiger partial charge >= 0.3 is 5.97 Å². The first kappa shape index (κ1) is 15.5. The molecule has 0 spiro atoms. The molecule has 1 aromatic rings. The Labute approximate surface area is 125 Å². The van der Waals surface area contributed by atoms with Gasteiger partial charge in [-0.3, -0.25) is 4.79 Å². The third-order valence-corrected chi connectivity index (χ3v) is 3.74. The van der Waals surface area contributed by atoms with E-state index >= 15 is 0 Å². The maximum absolute atomic E-state index is 12.0. The summed E-state index contributed by atoms with van der Waals surface area (Å²) < 4.78 is 5.51. The Morgan fingerprint density at radius 3 is 2.29 bits per heavy atom. The lowest BCUT2D eigenvalue weighted by Crippen LogP contribution is -2.21. The largest absolute Gasteiger partial charge is 0.459 e. The summed E-state index contributed by atoms with van der Waals surface area (Å²) in [5.74, 6) is -0.378. The number of hydrogen-bond donors (Lipinski definition) is 1. The van der Waals surface area contributed by atoms with Gasteiger partial charge in [0.05, 0.1) is 5.56 Å². The molecule has 114 valence electrons. The van der Waals surface area contributed by atoms with Crippen molar-refractivity contribution in [3.63, 3.8) is 0 Å². The van der Waals surface area contributed by atoms with Gasteiger partial charge in [0, 0.05) is 11.6 Å². The Hall–Kier alpha value is -1.84. The van der Waals surface area contributed by atoms with Crippen molar-refractivity contribution >= 4 is 17.6 Å². The molecule has 0 unspecified atom stereocenters. The fourth-order valence-corrected chi connectivity index (χ4v) is 2.38. The molecule has 2 rings (SSSR count). The SMILES string of the molecule is CC(C)C(=O)Nc1ccc(C(=O)OC2CCCCC2)cc1. The number of benzene rings is 1. The summed E-state index contributed by atoms with van der Waals surface area (Å²) in [4.78, 5) is 23.6. The predicted molar refractivity (Wildman–Crippen MR) is 82.2 cm³/mol. The predicted octanol–water partition coefficient (Wildman–Crippen LogP) is 3.77. The maximum atomic E-state index is 12.0. The lowest BCUT2D eigenvalue weighted by atomic mass is 9.98. The number of anilines is 1. The minimum atomic E-state index is -0.274. The van der Waals surface area contributed by atoms with E-state index in [4.69, 9.17) is 4.74 Å². The topological polar surface area (TPSA) is 55.4 Å². The van der Waals surface area contributed by atoms with Crippen LogP contribution >= 0.6 is 0 Å². The third kappa shape index (κ3) is 4.59. The van der Waals surface area contributed by atoms with E-state index in [9.17, 15) is 9.59 Å². The van der Waals surface area contributed by atoms with Crippen molar-refractivity contribution in [1.29, 1.82) is 0 Å². The highest BCUT2D eigenvalue weighted by atomic mass is 16.5. The molecule has 1 amide bonds. The second-order valence-corrected chi connectivity index (χ2v) is 5.89. The Balaban J connectivity index is 1.91. The number of carbonyl (C=O) groups excluding carboxylic acids is 2. The first-order valence-corrected chi connectivity index (χ1v) is 7.68. The highest BCUT2D eigenvalue weighted by Crippen LogP contribution is 2.21. The molecular weight excluding hydrogens is 266 g/mol. The van der Waals surface area contributed by atoms with Gasteiger partial charge in [0.2, 0.25) is 5.91 Å². The van der Waals surface area contributed by atoms with Crippen molar-refractivity contribution < 1.29 is 14.3 Å². The van der Waals surface area contributed by atoms with Crippen LogP contribution in [0.3, 0.4) is 0 Å². The van der Waals surface area contributed by atoms with E-state index in [2.05, 4.69) is 5.32 Å². The normalized spacial score (nSPS) is 15.8. The summed E-state index contributed by atoms with van der Waals surface area (Å²) >= 11 is 0. The van der Waals surface area contributed by atoms with Gasteiger partial charge < -0.3 is 10.1 Å². The van der Waals surface area contributed by atoms with E-state index in [1.807, 2.05) is 13.8 Å². The van der Waals surface area contributed by atoms with Gasteiger partial charge in [-0.1, -0.05) is 20.3 Å². The summed E-state index contributed by atoms with van der Waals surface area (Å²) in [6, 6.07) is 6.86. The minimum absolute atomic E-state index is 0.0347. The average molecular weight is 289 g/mol. The molecule has 1 aliphatic rings. The monoisotopic (exact) mass is 289 g/mol. The second kappa shape index (κ2) is 7.25. The summed E-state index contributed by atoms with van der Waals surface area (Å²) in [6.45, 7) is 3.68. The van der Waals surface area contributed by atoms with Crippen LogP contribution < -0.4 is 5.32 Å². The van der Waals surface area contributed by atoms with Gasteiger partial charge in [-0.15, -0.1) is 0 Å². The number of amides is 1. The first-order valence-electron chi connectivity index (χ1n) is 7.68. The number of rotatable bonds is 4. The smallest absolute Gasteiger partial charge is 0.338 e. The lowest BCUT2D eigenvalue weighted by Gasteiger charge is -2.21. The molecule has 0 radical (unpaired) electrons. The Morgan fingerprint density at radius 1 is 1.10 bits per heavy atom. The van der Waals surface area contributed by atoms with Crippen molar-refractivity contribution in [3.05, 3.63) is 29.8 Å². The molecule has 0 aromatic heterocycles. The van der Waals surface area contributed by atoms with Crippen LogP contribution in [0.5, 0.6) is 0 Å². The number of nitrogens with one attached hydrogen (secondary N) is 1. The van der Waals surface area contributed by atoms with E-state index < -0.39 is 0 Å². The van der Waals surface area contributed by atoms with E-state index in [0.717, 1.165) is 25.7 Å². The molecule has 0 atom stereocenters. The Bertz CT molecular complexity index is 487. The fourth-order valence-electron chi connectivity index (χ4n) is 2.38. The molecule has 21 heavy (non-hydrogen) atoms. The van der Waals surface area contributed by atoms with Gasteiger partial charge in [0.15, 0.2) is 0 Å². The van der Waals surface area contributed by atoms with E-state index in [1.54, 1.807) is 24.3 Å². The van der Waals surface area contributed by atoms with Gasteiger partial charge in [-0.05, 0) is 49.9 Å². The molecule has 0 saturated heterocycles. The number of carbonyl (C=O) groups is 2.